The second-order valence-corrected chi connectivity index (χ2v) is 7.26. The first-order valence-electron chi connectivity index (χ1n) is 8.30. The van der Waals surface area contributed by atoms with Crippen LogP contribution in [0.5, 0.6) is 0 Å². The van der Waals surface area contributed by atoms with E-state index in [2.05, 4.69) is 10.9 Å². The lowest BCUT2D eigenvalue weighted by molar-refractivity contribution is -0.385. The molecule has 7 heteroatoms. The minimum absolute atomic E-state index is 0.0855. The van der Waals surface area contributed by atoms with Crippen LogP contribution in [0.4, 0.5) is 11.4 Å². The predicted molar refractivity (Wildman–Crippen MR) is 111 cm³/mol. The summed E-state index contributed by atoms with van der Waals surface area (Å²) in [5.74, 6) is 0.758. The molecule has 0 fully saturated rings. The number of nitro benzene ring substituents is 1. The SMILES string of the molecule is O=[N+]([O-])c1ccc(SCc2ccc(Cl)cc2)c(CNNc2ccccc2)c1. The maximum absolute atomic E-state index is 11.1. The number of nitrogens with zero attached hydrogens (tertiary/aromatic N) is 1. The first-order valence-corrected chi connectivity index (χ1v) is 9.66. The molecule has 0 aliphatic heterocycles. The lowest BCUT2D eigenvalue weighted by Gasteiger charge is -2.12. The Labute approximate surface area is 166 Å². The third kappa shape index (κ3) is 5.72. The smallest absolute Gasteiger partial charge is 0.269 e. The first-order chi connectivity index (χ1) is 13.1. The van der Waals surface area contributed by atoms with Crippen LogP contribution in [0.3, 0.4) is 0 Å². The van der Waals surface area contributed by atoms with Gasteiger partial charge in [-0.05, 0) is 41.5 Å². The van der Waals surface area contributed by atoms with Crippen molar-refractivity contribution in [1.82, 2.24) is 5.43 Å². The van der Waals surface area contributed by atoms with E-state index in [9.17, 15) is 10.1 Å². The molecular formula is C20H18ClN3O2S. The molecule has 0 aliphatic rings. The molecule has 3 aromatic rings. The minimum atomic E-state index is -0.373. The third-order valence-electron chi connectivity index (χ3n) is 3.85. The number of thioether (sulfide) groups is 1. The van der Waals surface area contributed by atoms with Gasteiger partial charge in [-0.3, -0.25) is 10.1 Å². The zero-order chi connectivity index (χ0) is 19.1. The van der Waals surface area contributed by atoms with E-state index in [-0.39, 0.29) is 10.6 Å². The van der Waals surface area contributed by atoms with Crippen LogP contribution in [0.1, 0.15) is 11.1 Å². The minimum Gasteiger partial charge on any atom is -0.321 e. The summed E-state index contributed by atoms with van der Waals surface area (Å²) in [6.45, 7) is 0.458. The predicted octanol–water partition coefficient (Wildman–Crippen LogP) is 5.66. The summed E-state index contributed by atoms with van der Waals surface area (Å²) in [6, 6.07) is 22.3. The summed E-state index contributed by atoms with van der Waals surface area (Å²) in [5.41, 5.74) is 9.26. The first kappa shape index (κ1) is 19.2. The van der Waals surface area contributed by atoms with Gasteiger partial charge in [-0.15, -0.1) is 11.8 Å². The standard InChI is InChI=1S/C20H18ClN3O2S/c21-17-8-6-15(7-9-17)14-27-20-11-10-19(24(25)26)12-16(20)13-22-23-18-4-2-1-3-5-18/h1-12,22-23H,13-14H2. The molecule has 0 amide bonds. The fourth-order valence-corrected chi connectivity index (χ4v) is 3.58. The van der Waals surface area contributed by atoms with Crippen molar-refractivity contribution in [2.24, 2.45) is 0 Å². The van der Waals surface area contributed by atoms with Crippen molar-refractivity contribution in [1.29, 1.82) is 0 Å². The molecule has 0 bridgehead atoms. The molecule has 0 heterocycles. The van der Waals surface area contributed by atoms with Crippen LogP contribution in [0.15, 0.2) is 77.7 Å². The Hall–Kier alpha value is -2.54. The highest BCUT2D eigenvalue weighted by Crippen LogP contribution is 2.29. The van der Waals surface area contributed by atoms with Gasteiger partial charge in [-0.25, -0.2) is 5.43 Å². The van der Waals surface area contributed by atoms with Crippen LogP contribution in [0.25, 0.3) is 0 Å². The number of hydrogen-bond donors (Lipinski definition) is 2. The molecule has 0 atom stereocenters. The molecule has 0 saturated carbocycles. The topological polar surface area (TPSA) is 67.2 Å². The van der Waals surface area contributed by atoms with Gasteiger partial charge in [0.2, 0.25) is 0 Å². The molecule has 5 nitrogen and oxygen atoms in total. The molecule has 0 aromatic heterocycles. The third-order valence-corrected chi connectivity index (χ3v) is 5.29. The van der Waals surface area contributed by atoms with Crippen LogP contribution in [-0.4, -0.2) is 4.92 Å². The zero-order valence-electron chi connectivity index (χ0n) is 14.4. The average molecular weight is 400 g/mol. The molecule has 0 aliphatic carbocycles. The maximum Gasteiger partial charge on any atom is 0.269 e. The van der Waals surface area contributed by atoms with Crippen molar-refractivity contribution < 1.29 is 4.92 Å². The monoisotopic (exact) mass is 399 g/mol. The van der Waals surface area contributed by atoms with Gasteiger partial charge in [-0.1, -0.05) is 41.9 Å². The van der Waals surface area contributed by atoms with E-state index in [4.69, 9.17) is 11.6 Å². The van der Waals surface area contributed by atoms with E-state index in [1.807, 2.05) is 54.6 Å². The number of para-hydroxylation sites is 1. The van der Waals surface area contributed by atoms with E-state index in [0.717, 1.165) is 27.5 Å². The number of rotatable bonds is 8. The quantitative estimate of drug-likeness (QED) is 0.290. The van der Waals surface area contributed by atoms with E-state index in [1.54, 1.807) is 23.9 Å². The lowest BCUT2D eigenvalue weighted by atomic mass is 10.2. The number of benzene rings is 3. The van der Waals surface area contributed by atoms with E-state index < -0.39 is 0 Å². The number of hydrazine groups is 1. The second kappa shape index (κ2) is 9.41. The highest BCUT2D eigenvalue weighted by atomic mass is 35.5. The Morgan fingerprint density at radius 2 is 1.74 bits per heavy atom. The van der Waals surface area contributed by atoms with Crippen molar-refractivity contribution >= 4 is 34.7 Å². The fraction of sp³-hybridized carbons (Fsp3) is 0.100. The van der Waals surface area contributed by atoms with Crippen LogP contribution in [0, 0.1) is 10.1 Å². The molecule has 0 radical (unpaired) electrons. The van der Waals surface area contributed by atoms with E-state index in [1.165, 1.54) is 6.07 Å². The van der Waals surface area contributed by atoms with Crippen LogP contribution >= 0.6 is 23.4 Å². The Kier molecular flexibility index (Phi) is 6.70. The largest absolute Gasteiger partial charge is 0.321 e. The molecule has 3 aromatic carbocycles. The average Bonchev–Trinajstić information content (AvgIpc) is 2.69. The Bertz CT molecular complexity index is 905. The van der Waals surface area contributed by atoms with E-state index in [0.29, 0.717) is 11.6 Å². The molecule has 0 saturated heterocycles. The van der Waals surface area contributed by atoms with Crippen LogP contribution in [-0.2, 0) is 12.3 Å². The summed E-state index contributed by atoms with van der Waals surface area (Å²) in [7, 11) is 0. The number of anilines is 1. The summed E-state index contributed by atoms with van der Waals surface area (Å²) in [6.07, 6.45) is 0. The van der Waals surface area contributed by atoms with Gasteiger partial charge in [0.1, 0.15) is 0 Å². The maximum atomic E-state index is 11.1. The van der Waals surface area contributed by atoms with Gasteiger partial charge in [0.05, 0.1) is 4.92 Å². The van der Waals surface area contributed by atoms with Crippen LogP contribution < -0.4 is 10.9 Å². The van der Waals surface area contributed by atoms with Gasteiger partial charge in [0.25, 0.3) is 5.69 Å². The summed E-state index contributed by atoms with van der Waals surface area (Å²) < 4.78 is 0. The summed E-state index contributed by atoms with van der Waals surface area (Å²) in [4.78, 5) is 11.7. The van der Waals surface area contributed by atoms with Crippen molar-refractivity contribution in [2.75, 3.05) is 5.43 Å². The Morgan fingerprint density at radius 3 is 2.44 bits per heavy atom. The molecule has 3 rings (SSSR count). The van der Waals surface area contributed by atoms with Crippen molar-refractivity contribution in [3.8, 4) is 0 Å². The number of nitro groups is 1. The number of nitrogens with one attached hydrogen (secondary N) is 2. The molecule has 138 valence electrons. The molecule has 27 heavy (non-hydrogen) atoms. The highest BCUT2D eigenvalue weighted by Gasteiger charge is 2.11. The molecule has 0 unspecified atom stereocenters. The molecule has 0 spiro atoms. The Balaban J connectivity index is 1.69. The van der Waals surface area contributed by atoms with Gasteiger partial charge in [0, 0.05) is 40.0 Å². The van der Waals surface area contributed by atoms with Crippen molar-refractivity contribution in [3.05, 3.63) is 99.1 Å². The Morgan fingerprint density at radius 1 is 1.00 bits per heavy atom. The number of halogens is 1. The zero-order valence-corrected chi connectivity index (χ0v) is 16.0. The van der Waals surface area contributed by atoms with Crippen molar-refractivity contribution in [2.45, 2.75) is 17.2 Å². The normalized spacial score (nSPS) is 10.6. The summed E-state index contributed by atoms with van der Waals surface area (Å²) >= 11 is 7.56. The van der Waals surface area contributed by atoms with Crippen LogP contribution in [0.2, 0.25) is 5.02 Å². The fourth-order valence-electron chi connectivity index (χ4n) is 2.46. The highest BCUT2D eigenvalue weighted by molar-refractivity contribution is 7.98. The molecule has 2 N–H and O–H groups in total. The van der Waals surface area contributed by atoms with Gasteiger partial charge < -0.3 is 5.43 Å². The van der Waals surface area contributed by atoms with Crippen molar-refractivity contribution in [3.63, 3.8) is 0 Å². The second-order valence-electron chi connectivity index (χ2n) is 5.81. The lowest BCUT2D eigenvalue weighted by Crippen LogP contribution is -2.21. The number of non-ortho nitro benzene ring substituents is 1. The van der Waals surface area contributed by atoms with Gasteiger partial charge in [0.15, 0.2) is 0 Å². The summed E-state index contributed by atoms with van der Waals surface area (Å²) in [5, 5.41) is 11.8. The van der Waals surface area contributed by atoms with Gasteiger partial charge >= 0.3 is 0 Å². The number of hydrogen-bond acceptors (Lipinski definition) is 5. The van der Waals surface area contributed by atoms with E-state index >= 15 is 0 Å². The van der Waals surface area contributed by atoms with Gasteiger partial charge in [-0.2, -0.15) is 0 Å². The molecular weight excluding hydrogens is 382 g/mol.